The molecule has 0 aliphatic heterocycles. The molecule has 126 valence electrons. The fourth-order valence-corrected chi connectivity index (χ4v) is 2.16. The predicted octanol–water partition coefficient (Wildman–Crippen LogP) is 1.25. The van der Waals surface area contributed by atoms with Gasteiger partial charge in [-0.2, -0.15) is 4.98 Å². The molecular formula is C15H19N7O2. The highest BCUT2D eigenvalue weighted by atomic mass is 16.5. The van der Waals surface area contributed by atoms with Gasteiger partial charge in [-0.05, 0) is 13.0 Å². The van der Waals surface area contributed by atoms with Crippen LogP contribution in [0.5, 0.6) is 0 Å². The lowest BCUT2D eigenvalue weighted by molar-refractivity contribution is 0.0782. The molecule has 0 fully saturated rings. The number of hydrogen-bond donors (Lipinski definition) is 0. The van der Waals surface area contributed by atoms with E-state index in [1.54, 1.807) is 28.6 Å². The van der Waals surface area contributed by atoms with Gasteiger partial charge in [-0.3, -0.25) is 9.20 Å². The molecule has 0 aliphatic carbocycles. The molecule has 9 heteroatoms. The van der Waals surface area contributed by atoms with Crippen LogP contribution in [0.15, 0.2) is 16.8 Å². The Bertz CT molecular complexity index is 868. The summed E-state index contributed by atoms with van der Waals surface area (Å²) in [6.45, 7) is 6.28. The van der Waals surface area contributed by atoms with Gasteiger partial charge in [-0.25, -0.2) is 4.98 Å². The van der Waals surface area contributed by atoms with Crippen LogP contribution in [0.25, 0.3) is 5.78 Å². The minimum Gasteiger partial charge on any atom is -0.339 e. The molecule has 0 aromatic carbocycles. The fourth-order valence-electron chi connectivity index (χ4n) is 2.16. The Morgan fingerprint density at radius 3 is 2.83 bits per heavy atom. The third-order valence-electron chi connectivity index (χ3n) is 3.61. The van der Waals surface area contributed by atoms with Gasteiger partial charge in [0.2, 0.25) is 11.7 Å². The molecule has 0 N–H and O–H groups in total. The maximum absolute atomic E-state index is 12.5. The molecule has 0 bridgehead atoms. The van der Waals surface area contributed by atoms with E-state index in [1.165, 1.54) is 0 Å². The van der Waals surface area contributed by atoms with Gasteiger partial charge in [0.05, 0.1) is 0 Å². The van der Waals surface area contributed by atoms with E-state index in [1.807, 2.05) is 20.8 Å². The van der Waals surface area contributed by atoms with Gasteiger partial charge in [0, 0.05) is 37.8 Å². The second-order valence-corrected chi connectivity index (χ2v) is 5.94. The van der Waals surface area contributed by atoms with Gasteiger partial charge in [-0.15, -0.1) is 10.2 Å². The molecule has 1 amide bonds. The average Bonchev–Trinajstić information content (AvgIpc) is 3.18. The summed E-state index contributed by atoms with van der Waals surface area (Å²) in [6, 6.07) is 1.81. The van der Waals surface area contributed by atoms with Crippen LogP contribution in [-0.2, 0) is 6.42 Å². The number of fused-ring (bicyclic) bond motifs is 1. The van der Waals surface area contributed by atoms with Crippen LogP contribution in [0, 0.1) is 6.92 Å². The third-order valence-corrected chi connectivity index (χ3v) is 3.61. The van der Waals surface area contributed by atoms with Crippen molar-refractivity contribution in [1.82, 2.24) is 34.6 Å². The van der Waals surface area contributed by atoms with Gasteiger partial charge in [0.15, 0.2) is 5.82 Å². The van der Waals surface area contributed by atoms with Crippen molar-refractivity contribution in [3.05, 3.63) is 35.5 Å². The molecule has 3 aromatic rings. The number of aryl methyl sites for hydroxylation is 1. The van der Waals surface area contributed by atoms with E-state index in [9.17, 15) is 4.79 Å². The highest BCUT2D eigenvalue weighted by Gasteiger charge is 2.20. The van der Waals surface area contributed by atoms with Crippen molar-refractivity contribution >= 4 is 11.7 Å². The van der Waals surface area contributed by atoms with Crippen LogP contribution in [0.1, 0.15) is 47.8 Å². The summed E-state index contributed by atoms with van der Waals surface area (Å²) in [5, 5.41) is 11.8. The number of rotatable bonds is 5. The number of carbonyl (C=O) groups excluding carboxylic acids is 1. The lowest BCUT2D eigenvalue weighted by Crippen LogP contribution is -2.30. The number of amides is 1. The predicted molar refractivity (Wildman–Crippen MR) is 84.6 cm³/mol. The van der Waals surface area contributed by atoms with Crippen molar-refractivity contribution in [2.75, 3.05) is 13.6 Å². The molecular weight excluding hydrogens is 310 g/mol. The molecule has 0 saturated carbocycles. The molecule has 0 unspecified atom stereocenters. The molecule has 0 aliphatic rings. The second-order valence-electron chi connectivity index (χ2n) is 5.94. The number of hydrogen-bond acceptors (Lipinski definition) is 7. The summed E-state index contributed by atoms with van der Waals surface area (Å²) in [6.07, 6.45) is 2.25. The van der Waals surface area contributed by atoms with Gasteiger partial charge >= 0.3 is 0 Å². The quantitative estimate of drug-likeness (QED) is 0.694. The standard InChI is InChI=1S/C15H19N7O2/c1-9(2)13-17-11(20-24-13)6-7-21(4)14(23)12-18-19-15-16-10(3)5-8-22(12)15/h5,8-9H,6-7H2,1-4H3. The normalized spacial score (nSPS) is 11.4. The zero-order chi connectivity index (χ0) is 17.3. The first-order valence-electron chi connectivity index (χ1n) is 7.72. The Balaban J connectivity index is 1.69. The summed E-state index contributed by atoms with van der Waals surface area (Å²) in [5.74, 6) is 1.78. The van der Waals surface area contributed by atoms with Gasteiger partial charge in [0.25, 0.3) is 11.7 Å². The highest BCUT2D eigenvalue weighted by Crippen LogP contribution is 2.11. The summed E-state index contributed by atoms with van der Waals surface area (Å²) in [4.78, 5) is 22.6. The van der Waals surface area contributed by atoms with Crippen molar-refractivity contribution < 1.29 is 9.32 Å². The number of likely N-dealkylation sites (N-methyl/N-ethyl adjacent to an activating group) is 1. The Morgan fingerprint density at radius 2 is 2.12 bits per heavy atom. The van der Waals surface area contributed by atoms with Crippen LogP contribution >= 0.6 is 0 Å². The Morgan fingerprint density at radius 1 is 1.33 bits per heavy atom. The fraction of sp³-hybridized carbons (Fsp3) is 0.467. The van der Waals surface area contributed by atoms with E-state index < -0.39 is 0 Å². The van der Waals surface area contributed by atoms with E-state index in [0.29, 0.717) is 30.5 Å². The Labute approximate surface area is 138 Å². The van der Waals surface area contributed by atoms with Crippen molar-refractivity contribution in [2.45, 2.75) is 33.1 Å². The monoisotopic (exact) mass is 329 g/mol. The highest BCUT2D eigenvalue weighted by molar-refractivity contribution is 5.91. The molecule has 3 aromatic heterocycles. The van der Waals surface area contributed by atoms with E-state index in [2.05, 4.69) is 25.3 Å². The first-order chi connectivity index (χ1) is 11.5. The molecule has 0 atom stereocenters. The molecule has 9 nitrogen and oxygen atoms in total. The first kappa shape index (κ1) is 16.0. The van der Waals surface area contributed by atoms with Crippen molar-refractivity contribution in [1.29, 1.82) is 0 Å². The van der Waals surface area contributed by atoms with Crippen LogP contribution in [0.4, 0.5) is 0 Å². The van der Waals surface area contributed by atoms with Crippen LogP contribution < -0.4 is 0 Å². The van der Waals surface area contributed by atoms with E-state index in [0.717, 1.165) is 5.69 Å². The van der Waals surface area contributed by atoms with Crippen molar-refractivity contribution in [3.63, 3.8) is 0 Å². The largest absolute Gasteiger partial charge is 0.339 e. The zero-order valence-electron chi connectivity index (χ0n) is 14.1. The van der Waals surface area contributed by atoms with Gasteiger partial charge in [-0.1, -0.05) is 19.0 Å². The molecule has 0 spiro atoms. The summed E-state index contributed by atoms with van der Waals surface area (Å²) in [7, 11) is 1.70. The average molecular weight is 329 g/mol. The molecule has 0 saturated heterocycles. The van der Waals surface area contributed by atoms with Crippen LogP contribution in [0.2, 0.25) is 0 Å². The van der Waals surface area contributed by atoms with Crippen molar-refractivity contribution in [3.8, 4) is 0 Å². The topological polar surface area (TPSA) is 102 Å². The lowest BCUT2D eigenvalue weighted by atomic mass is 10.2. The minimum absolute atomic E-state index is 0.184. The first-order valence-corrected chi connectivity index (χ1v) is 7.72. The van der Waals surface area contributed by atoms with Crippen molar-refractivity contribution in [2.24, 2.45) is 0 Å². The SMILES string of the molecule is Cc1ccn2c(C(=O)N(C)CCc3noc(C(C)C)n3)nnc2n1. The second kappa shape index (κ2) is 6.34. The summed E-state index contributed by atoms with van der Waals surface area (Å²) < 4.78 is 6.74. The van der Waals surface area contributed by atoms with Crippen LogP contribution in [-0.4, -0.2) is 54.1 Å². The Hall–Kier alpha value is -2.84. The van der Waals surface area contributed by atoms with E-state index in [4.69, 9.17) is 4.52 Å². The third kappa shape index (κ3) is 3.10. The lowest BCUT2D eigenvalue weighted by Gasteiger charge is -2.14. The molecule has 3 rings (SSSR count). The smallest absolute Gasteiger partial charge is 0.291 e. The number of aromatic nitrogens is 6. The summed E-state index contributed by atoms with van der Waals surface area (Å²) >= 11 is 0. The van der Waals surface area contributed by atoms with Crippen LogP contribution in [0.3, 0.4) is 0 Å². The maximum Gasteiger partial charge on any atom is 0.291 e. The molecule has 0 radical (unpaired) electrons. The molecule has 24 heavy (non-hydrogen) atoms. The number of carbonyl (C=O) groups is 1. The maximum atomic E-state index is 12.5. The van der Waals surface area contributed by atoms with Gasteiger partial charge in [0.1, 0.15) is 0 Å². The number of nitrogens with zero attached hydrogens (tertiary/aromatic N) is 7. The summed E-state index contributed by atoms with van der Waals surface area (Å²) in [5.41, 5.74) is 0.820. The minimum atomic E-state index is -0.235. The van der Waals surface area contributed by atoms with Gasteiger partial charge < -0.3 is 9.42 Å². The van der Waals surface area contributed by atoms with E-state index in [-0.39, 0.29) is 17.6 Å². The zero-order valence-corrected chi connectivity index (χ0v) is 14.1. The molecule has 3 heterocycles. The Kier molecular flexibility index (Phi) is 4.24. The van der Waals surface area contributed by atoms with E-state index >= 15 is 0 Å².